The topological polar surface area (TPSA) is 110 Å². The summed E-state index contributed by atoms with van der Waals surface area (Å²) in [6, 6.07) is 7.45. The lowest BCUT2D eigenvalue weighted by molar-refractivity contribution is -0.134. The molecule has 33 heavy (non-hydrogen) atoms. The van der Waals surface area contributed by atoms with Gasteiger partial charge >= 0.3 is 0 Å². The Bertz CT molecular complexity index is 1250. The van der Waals surface area contributed by atoms with E-state index in [2.05, 4.69) is 10.2 Å². The van der Waals surface area contributed by atoms with E-state index >= 15 is 0 Å². The average Bonchev–Trinajstić information content (AvgIpc) is 3.49. The third-order valence-electron chi connectivity index (χ3n) is 5.64. The normalized spacial score (nSPS) is 14.6. The molecule has 0 radical (unpaired) electrons. The second-order valence-electron chi connectivity index (χ2n) is 7.75. The molecule has 2 aromatic heterocycles. The number of hydrogen-bond acceptors (Lipinski definition) is 6. The van der Waals surface area contributed by atoms with E-state index in [9.17, 15) is 27.1 Å². The van der Waals surface area contributed by atoms with E-state index in [1.165, 1.54) is 11.1 Å². The van der Waals surface area contributed by atoms with Crippen molar-refractivity contribution in [1.29, 1.82) is 0 Å². The summed E-state index contributed by atoms with van der Waals surface area (Å²) in [5, 5.41) is 17.7. The van der Waals surface area contributed by atoms with Crippen molar-refractivity contribution >= 4 is 15.9 Å². The van der Waals surface area contributed by atoms with Crippen LogP contribution in [-0.4, -0.2) is 56.3 Å². The molecule has 0 fully saturated rings. The van der Waals surface area contributed by atoms with Crippen LogP contribution in [0.3, 0.4) is 0 Å². The third-order valence-corrected chi connectivity index (χ3v) is 7.13. The molecule has 3 aromatic rings. The number of fused-ring (bicyclic) bond motifs is 1. The monoisotopic (exact) mass is 479 g/mol. The molecule has 1 aliphatic heterocycles. The molecule has 0 bridgehead atoms. The first-order valence-electron chi connectivity index (χ1n) is 10.4. The number of carbonyl (C=O) groups is 1. The summed E-state index contributed by atoms with van der Waals surface area (Å²) >= 11 is 0. The van der Waals surface area contributed by atoms with Crippen molar-refractivity contribution in [3.8, 4) is 0 Å². The van der Waals surface area contributed by atoms with E-state index in [0.717, 1.165) is 38.7 Å². The van der Waals surface area contributed by atoms with Crippen molar-refractivity contribution in [3.63, 3.8) is 0 Å². The average molecular weight is 480 g/mol. The van der Waals surface area contributed by atoms with E-state index in [4.69, 9.17) is 0 Å². The molecule has 4 rings (SSSR count). The number of alkyl halides is 2. The summed E-state index contributed by atoms with van der Waals surface area (Å²) in [7, 11) is -4.11. The van der Waals surface area contributed by atoms with Gasteiger partial charge in [-0.05, 0) is 17.5 Å². The summed E-state index contributed by atoms with van der Waals surface area (Å²) in [6.45, 7) is 1.17. The highest BCUT2D eigenvalue weighted by Crippen LogP contribution is 2.29. The Balaban J connectivity index is 1.52. The van der Waals surface area contributed by atoms with Crippen LogP contribution < -0.4 is 0 Å². The largest absolute Gasteiger partial charge is 0.395 e. The lowest BCUT2D eigenvalue weighted by Gasteiger charge is -2.23. The fraction of sp³-hybridized carbons (Fsp3) is 0.381. The lowest BCUT2D eigenvalue weighted by Crippen LogP contribution is -2.33. The highest BCUT2D eigenvalue weighted by Gasteiger charge is 2.34. The van der Waals surface area contributed by atoms with Gasteiger partial charge in [-0.1, -0.05) is 31.2 Å². The van der Waals surface area contributed by atoms with Gasteiger partial charge in [-0.2, -0.15) is 22.7 Å². The zero-order valence-corrected chi connectivity index (χ0v) is 18.6. The minimum atomic E-state index is -4.11. The number of halogens is 2. The van der Waals surface area contributed by atoms with E-state index < -0.39 is 28.9 Å². The van der Waals surface area contributed by atoms with Crippen LogP contribution in [0.25, 0.3) is 0 Å². The van der Waals surface area contributed by atoms with E-state index in [0.29, 0.717) is 11.3 Å². The fourth-order valence-corrected chi connectivity index (χ4v) is 5.08. The molecule has 0 aliphatic carbocycles. The maximum atomic E-state index is 13.1. The Kier molecular flexibility index (Phi) is 6.30. The number of carbonyl (C=O) groups excluding carboxylic acids is 1. The van der Waals surface area contributed by atoms with Gasteiger partial charge < -0.3 is 10.0 Å². The van der Waals surface area contributed by atoms with Gasteiger partial charge in [-0.3, -0.25) is 9.48 Å². The van der Waals surface area contributed by atoms with Gasteiger partial charge in [0.05, 0.1) is 31.0 Å². The van der Waals surface area contributed by atoms with Gasteiger partial charge in [0.25, 0.3) is 16.4 Å². The molecule has 0 saturated heterocycles. The zero-order valence-electron chi connectivity index (χ0n) is 17.8. The Morgan fingerprint density at radius 3 is 2.64 bits per heavy atom. The van der Waals surface area contributed by atoms with Crippen LogP contribution in [0.2, 0.25) is 0 Å². The van der Waals surface area contributed by atoms with Crippen LogP contribution in [0.15, 0.2) is 47.8 Å². The van der Waals surface area contributed by atoms with Gasteiger partial charge in [0.2, 0.25) is 5.91 Å². The van der Waals surface area contributed by atoms with Crippen molar-refractivity contribution in [3.05, 3.63) is 65.2 Å². The minimum absolute atomic E-state index is 0.103. The van der Waals surface area contributed by atoms with Crippen LogP contribution in [0, 0.1) is 0 Å². The number of aliphatic hydroxyl groups is 1. The first-order valence-corrected chi connectivity index (χ1v) is 11.8. The molecule has 1 amide bonds. The number of hydrogen-bond donors (Lipinski definition) is 1. The molecule has 3 heterocycles. The van der Waals surface area contributed by atoms with Gasteiger partial charge in [0, 0.05) is 24.5 Å². The summed E-state index contributed by atoms with van der Waals surface area (Å²) in [5.74, 6) is -0.985. The molecule has 176 valence electrons. The predicted octanol–water partition coefficient (Wildman–Crippen LogP) is 1.76. The van der Waals surface area contributed by atoms with Gasteiger partial charge in [0.1, 0.15) is 11.4 Å². The molecule has 0 saturated carbocycles. The Labute approximate surface area is 189 Å². The van der Waals surface area contributed by atoms with Crippen molar-refractivity contribution in [2.75, 3.05) is 6.61 Å². The second kappa shape index (κ2) is 9.02. The van der Waals surface area contributed by atoms with Crippen molar-refractivity contribution in [2.45, 2.75) is 50.2 Å². The molecule has 1 atom stereocenters. The number of rotatable bonds is 8. The SMILES string of the molecule is CCc1ccccc1[C@H](CO)C(=O)N1Cc2cn(S(=O)(=O)c3cnn(CC(F)F)c3)nc2C1. The van der Waals surface area contributed by atoms with Crippen LogP contribution in [0.4, 0.5) is 8.78 Å². The van der Waals surface area contributed by atoms with E-state index in [1.807, 2.05) is 31.2 Å². The predicted molar refractivity (Wildman–Crippen MR) is 113 cm³/mol. The van der Waals surface area contributed by atoms with Crippen LogP contribution in [-0.2, 0) is 40.9 Å². The van der Waals surface area contributed by atoms with E-state index in [1.54, 1.807) is 0 Å². The standard InChI is InChI=1S/C21H23F2N5O4S/c1-2-14-5-3-4-6-17(14)18(13-29)21(30)26-8-15-9-28(25-19(15)11-26)33(31,32)16-7-24-27(10-16)12-20(22)23/h3-7,9-10,18,20,29H,2,8,11-13H2,1H3/t18-/m0/s1. The molecule has 1 aliphatic rings. The molecule has 9 nitrogen and oxygen atoms in total. The molecule has 12 heteroatoms. The smallest absolute Gasteiger partial charge is 0.286 e. The Morgan fingerprint density at radius 2 is 1.97 bits per heavy atom. The highest BCUT2D eigenvalue weighted by molar-refractivity contribution is 7.89. The molecule has 1 aromatic carbocycles. The highest BCUT2D eigenvalue weighted by atomic mass is 32.2. The molecule has 0 spiro atoms. The Hall–Kier alpha value is -3.12. The van der Waals surface area contributed by atoms with Crippen LogP contribution >= 0.6 is 0 Å². The van der Waals surface area contributed by atoms with Gasteiger partial charge in [-0.15, -0.1) is 0 Å². The Morgan fingerprint density at radius 1 is 1.21 bits per heavy atom. The number of aromatic nitrogens is 4. The van der Waals surface area contributed by atoms with Gasteiger partial charge in [0.15, 0.2) is 0 Å². The third kappa shape index (κ3) is 4.40. The maximum absolute atomic E-state index is 13.1. The van der Waals surface area contributed by atoms with Gasteiger partial charge in [-0.25, -0.2) is 8.78 Å². The zero-order chi connectivity index (χ0) is 23.8. The van der Waals surface area contributed by atoms with Crippen molar-refractivity contribution in [1.82, 2.24) is 23.9 Å². The van der Waals surface area contributed by atoms with Crippen molar-refractivity contribution < 1.29 is 27.1 Å². The maximum Gasteiger partial charge on any atom is 0.286 e. The van der Waals surface area contributed by atoms with Crippen LogP contribution in [0.1, 0.15) is 35.2 Å². The van der Waals surface area contributed by atoms with Crippen LogP contribution in [0.5, 0.6) is 0 Å². The summed E-state index contributed by atoms with van der Waals surface area (Å²) in [5.41, 5.74) is 2.73. The number of aliphatic hydroxyl groups excluding tert-OH is 1. The molecular formula is C21H23F2N5O4S. The molecule has 1 N–H and O–H groups in total. The number of nitrogens with zero attached hydrogens (tertiary/aromatic N) is 5. The number of benzene rings is 1. The number of amides is 1. The summed E-state index contributed by atoms with van der Waals surface area (Å²) in [6.07, 6.45) is 1.40. The minimum Gasteiger partial charge on any atom is -0.395 e. The lowest BCUT2D eigenvalue weighted by atomic mass is 9.92. The van der Waals surface area contributed by atoms with E-state index in [-0.39, 0.29) is 30.5 Å². The first-order chi connectivity index (χ1) is 15.7. The first kappa shape index (κ1) is 23.1. The molecular weight excluding hydrogens is 456 g/mol. The quantitative estimate of drug-likeness (QED) is 0.527. The fourth-order valence-electron chi connectivity index (χ4n) is 3.96. The molecule has 0 unspecified atom stereocenters. The second-order valence-corrected chi connectivity index (χ2v) is 9.55. The summed E-state index contributed by atoms with van der Waals surface area (Å²) < 4.78 is 52.3. The summed E-state index contributed by atoms with van der Waals surface area (Å²) in [4.78, 5) is 14.4. The number of aryl methyl sites for hydroxylation is 1. The van der Waals surface area contributed by atoms with Crippen molar-refractivity contribution in [2.24, 2.45) is 0 Å².